The van der Waals surface area contributed by atoms with Crippen molar-refractivity contribution in [2.24, 2.45) is 11.3 Å². The number of esters is 1. The third-order valence-electron chi connectivity index (χ3n) is 5.24. The Kier molecular flexibility index (Phi) is 4.32. The molecule has 2 aliphatic rings. The van der Waals surface area contributed by atoms with Crippen LogP contribution in [0.3, 0.4) is 0 Å². The molecule has 1 saturated carbocycles. The summed E-state index contributed by atoms with van der Waals surface area (Å²) in [5.74, 6) is -0.659. The van der Waals surface area contributed by atoms with E-state index in [0.717, 1.165) is 18.4 Å². The molecule has 2 fully saturated rings. The molecule has 0 bridgehead atoms. The smallest absolute Gasteiger partial charge is 0.315 e. The quantitative estimate of drug-likeness (QED) is 0.756. The van der Waals surface area contributed by atoms with Crippen molar-refractivity contribution < 1.29 is 14.3 Å². The van der Waals surface area contributed by atoms with E-state index in [2.05, 4.69) is 0 Å². The Morgan fingerprint density at radius 3 is 2.52 bits per heavy atom. The van der Waals surface area contributed by atoms with Gasteiger partial charge in [0.2, 0.25) is 5.91 Å². The number of carbonyl (C=O) groups is 2. The maximum atomic E-state index is 12.8. The van der Waals surface area contributed by atoms with Gasteiger partial charge in [-0.25, -0.2) is 0 Å². The molecule has 23 heavy (non-hydrogen) atoms. The number of amides is 1. The number of benzene rings is 1. The first-order chi connectivity index (χ1) is 10.9. The topological polar surface area (TPSA) is 46.6 Å². The Labute approximate surface area is 145 Å². The molecule has 3 rings (SSSR count). The van der Waals surface area contributed by atoms with Gasteiger partial charge in [-0.2, -0.15) is 0 Å². The highest BCUT2D eigenvalue weighted by atomic mass is 35.5. The van der Waals surface area contributed by atoms with Crippen LogP contribution in [0, 0.1) is 11.3 Å². The Morgan fingerprint density at radius 2 is 1.91 bits per heavy atom. The normalized spacial score (nSPS) is 30.3. The lowest BCUT2D eigenvalue weighted by molar-refractivity contribution is -0.160. The molecule has 124 valence electrons. The van der Waals surface area contributed by atoms with E-state index in [9.17, 15) is 9.59 Å². The van der Waals surface area contributed by atoms with Crippen LogP contribution in [-0.2, 0) is 14.3 Å². The van der Waals surface area contributed by atoms with Crippen LogP contribution in [-0.4, -0.2) is 30.9 Å². The molecule has 0 spiro atoms. The third-order valence-corrected chi connectivity index (χ3v) is 5.68. The van der Waals surface area contributed by atoms with Crippen LogP contribution in [0.1, 0.15) is 37.3 Å². The van der Waals surface area contributed by atoms with Crippen molar-refractivity contribution >= 4 is 35.1 Å². The van der Waals surface area contributed by atoms with Crippen molar-refractivity contribution in [1.82, 2.24) is 4.90 Å². The molecule has 1 aromatic rings. The Morgan fingerprint density at radius 1 is 1.26 bits per heavy atom. The Bertz CT molecular complexity index is 643. The minimum atomic E-state index is -0.854. The van der Waals surface area contributed by atoms with E-state index < -0.39 is 11.5 Å². The molecule has 1 aliphatic carbocycles. The zero-order valence-corrected chi connectivity index (χ0v) is 14.7. The van der Waals surface area contributed by atoms with Gasteiger partial charge in [-0.1, -0.05) is 36.0 Å². The molecule has 1 amide bonds. The van der Waals surface area contributed by atoms with Gasteiger partial charge in [0.15, 0.2) is 0 Å². The first-order valence-corrected chi connectivity index (χ1v) is 8.48. The first kappa shape index (κ1) is 16.6. The van der Waals surface area contributed by atoms with Gasteiger partial charge in [-0.05, 0) is 36.6 Å². The summed E-state index contributed by atoms with van der Waals surface area (Å²) >= 11 is 12.3. The van der Waals surface area contributed by atoms with E-state index >= 15 is 0 Å². The highest BCUT2D eigenvalue weighted by Gasteiger charge is 2.63. The lowest BCUT2D eigenvalue weighted by Crippen LogP contribution is -2.44. The average molecular weight is 356 g/mol. The minimum Gasteiger partial charge on any atom is -0.469 e. The number of nitrogens with zero attached hydrogens (tertiary/aromatic N) is 1. The first-order valence-electron chi connectivity index (χ1n) is 7.73. The molecule has 0 N–H and O–H groups in total. The summed E-state index contributed by atoms with van der Waals surface area (Å²) in [6.07, 6.45) is 3.20. The lowest BCUT2D eigenvalue weighted by atomic mass is 9.63. The highest BCUT2D eigenvalue weighted by Crippen LogP contribution is 2.58. The van der Waals surface area contributed by atoms with E-state index in [-0.39, 0.29) is 17.8 Å². The summed E-state index contributed by atoms with van der Waals surface area (Å²) < 4.78 is 5.12. The van der Waals surface area contributed by atoms with Gasteiger partial charge < -0.3 is 9.64 Å². The summed E-state index contributed by atoms with van der Waals surface area (Å²) in [4.78, 5) is 27.2. The predicted octanol–water partition coefficient (Wildman–Crippen LogP) is 3.86. The van der Waals surface area contributed by atoms with E-state index in [1.54, 1.807) is 30.1 Å². The van der Waals surface area contributed by atoms with E-state index in [1.165, 1.54) is 7.11 Å². The maximum Gasteiger partial charge on any atom is 0.315 e. The van der Waals surface area contributed by atoms with Gasteiger partial charge in [0, 0.05) is 17.1 Å². The summed E-state index contributed by atoms with van der Waals surface area (Å²) in [7, 11) is 3.12. The van der Waals surface area contributed by atoms with Crippen LogP contribution in [0.2, 0.25) is 10.0 Å². The molecule has 0 aromatic heterocycles. The van der Waals surface area contributed by atoms with Gasteiger partial charge in [0.05, 0.1) is 19.1 Å². The van der Waals surface area contributed by atoms with Crippen LogP contribution < -0.4 is 0 Å². The SMILES string of the molecule is COC(=O)[C@]12CCCC[C@H]1C(=O)N(C)[C@H]2c1cc(Cl)cc(Cl)c1. The number of hydrogen-bond acceptors (Lipinski definition) is 3. The van der Waals surface area contributed by atoms with Crippen molar-refractivity contribution in [3.63, 3.8) is 0 Å². The van der Waals surface area contributed by atoms with E-state index in [0.29, 0.717) is 22.9 Å². The zero-order chi connectivity index (χ0) is 16.8. The lowest BCUT2D eigenvalue weighted by Gasteiger charge is -2.39. The fraction of sp³-hybridized carbons (Fsp3) is 0.529. The molecule has 0 unspecified atom stereocenters. The van der Waals surface area contributed by atoms with E-state index in [4.69, 9.17) is 27.9 Å². The van der Waals surface area contributed by atoms with Crippen molar-refractivity contribution in [3.05, 3.63) is 33.8 Å². The van der Waals surface area contributed by atoms with Gasteiger partial charge >= 0.3 is 5.97 Å². The van der Waals surface area contributed by atoms with Crippen molar-refractivity contribution in [1.29, 1.82) is 0 Å². The predicted molar refractivity (Wildman–Crippen MR) is 88.4 cm³/mol. The fourth-order valence-corrected chi connectivity index (χ4v) is 4.93. The molecule has 3 atom stereocenters. The molecular weight excluding hydrogens is 337 g/mol. The molecule has 4 nitrogen and oxygen atoms in total. The second-order valence-corrected chi connectivity index (χ2v) is 7.26. The second kappa shape index (κ2) is 5.99. The number of fused-ring (bicyclic) bond motifs is 1. The third kappa shape index (κ3) is 2.43. The standard InChI is InChI=1S/C17H19Cl2NO3/c1-20-14(10-7-11(18)9-12(19)8-10)17(16(22)23-2)6-4-3-5-13(17)15(20)21/h7-9,13-14H,3-6H2,1-2H3/t13-,14-,17+/m0/s1. The molecule has 1 aromatic carbocycles. The van der Waals surface area contributed by atoms with Crippen LogP contribution in [0.15, 0.2) is 18.2 Å². The average Bonchev–Trinajstić information content (AvgIpc) is 2.75. The Hall–Kier alpha value is -1.26. The monoisotopic (exact) mass is 355 g/mol. The van der Waals surface area contributed by atoms with Crippen molar-refractivity contribution in [2.75, 3.05) is 14.2 Å². The maximum absolute atomic E-state index is 12.8. The Balaban J connectivity index is 2.18. The molecule has 1 saturated heterocycles. The van der Waals surface area contributed by atoms with Gasteiger partial charge in [0.1, 0.15) is 5.41 Å². The van der Waals surface area contributed by atoms with Crippen LogP contribution in [0.5, 0.6) is 0 Å². The summed E-state index contributed by atoms with van der Waals surface area (Å²) in [6.45, 7) is 0. The number of methoxy groups -OCH3 is 1. The van der Waals surface area contributed by atoms with Crippen molar-refractivity contribution in [2.45, 2.75) is 31.7 Å². The number of ether oxygens (including phenoxy) is 1. The zero-order valence-electron chi connectivity index (χ0n) is 13.1. The molecule has 6 heteroatoms. The molecular formula is C17H19Cl2NO3. The fourth-order valence-electron chi connectivity index (χ4n) is 4.39. The summed E-state index contributed by atoms with van der Waals surface area (Å²) in [5.41, 5.74) is -0.0690. The second-order valence-electron chi connectivity index (χ2n) is 6.38. The largest absolute Gasteiger partial charge is 0.469 e. The molecule has 0 radical (unpaired) electrons. The summed E-state index contributed by atoms with van der Waals surface area (Å²) in [6, 6.07) is 4.81. The number of likely N-dealkylation sites (tertiary alicyclic amines) is 1. The van der Waals surface area contributed by atoms with Crippen LogP contribution in [0.4, 0.5) is 0 Å². The van der Waals surface area contributed by atoms with E-state index in [1.807, 2.05) is 0 Å². The highest BCUT2D eigenvalue weighted by molar-refractivity contribution is 6.34. The minimum absolute atomic E-state index is 0.00352. The molecule has 1 aliphatic heterocycles. The van der Waals surface area contributed by atoms with Crippen molar-refractivity contribution in [3.8, 4) is 0 Å². The van der Waals surface area contributed by atoms with Crippen LogP contribution >= 0.6 is 23.2 Å². The molecule has 1 heterocycles. The number of rotatable bonds is 2. The number of carbonyl (C=O) groups excluding carboxylic acids is 2. The van der Waals surface area contributed by atoms with Crippen LogP contribution in [0.25, 0.3) is 0 Å². The van der Waals surface area contributed by atoms with Gasteiger partial charge in [-0.3, -0.25) is 9.59 Å². The van der Waals surface area contributed by atoms with Gasteiger partial charge in [0.25, 0.3) is 0 Å². The number of hydrogen-bond donors (Lipinski definition) is 0. The van der Waals surface area contributed by atoms with Gasteiger partial charge in [-0.15, -0.1) is 0 Å². The summed E-state index contributed by atoms with van der Waals surface area (Å²) in [5, 5.41) is 0.986. The number of halogens is 2.